The molecule has 2 heterocycles. The zero-order valence-electron chi connectivity index (χ0n) is 30.7. The molecular weight excluding hydrogens is 512 g/mol. The lowest BCUT2D eigenvalue weighted by molar-refractivity contribution is 0.414. The molecule has 0 saturated heterocycles. The van der Waals surface area contributed by atoms with E-state index in [0.717, 1.165) is 11.4 Å². The molecule has 2 aromatic carbocycles. The van der Waals surface area contributed by atoms with Crippen molar-refractivity contribution in [2.75, 3.05) is 7.11 Å². The second-order valence-corrected chi connectivity index (χ2v) is 8.78. The molecule has 0 radical (unpaired) electrons. The maximum Gasteiger partial charge on any atom is 0.119 e. The van der Waals surface area contributed by atoms with E-state index < -0.39 is 0 Å². The smallest absolute Gasteiger partial charge is 0.119 e. The van der Waals surface area contributed by atoms with Gasteiger partial charge in [0.25, 0.3) is 0 Å². The Morgan fingerprint density at radius 3 is 1.38 bits per heavy atom. The number of hydrogen-bond donors (Lipinski definition) is 0. The molecule has 4 aromatic rings. The van der Waals surface area contributed by atoms with Crippen LogP contribution in [0.25, 0.3) is 0 Å². The quantitative estimate of drug-likeness (QED) is 0.225. The molecule has 0 N–H and O–H groups in total. The molecule has 0 unspecified atom stereocenters. The van der Waals surface area contributed by atoms with Crippen LogP contribution >= 0.6 is 0 Å². The summed E-state index contributed by atoms with van der Waals surface area (Å²) in [4.78, 5) is 4.18. The van der Waals surface area contributed by atoms with E-state index in [1.165, 1.54) is 39.1 Å². The second kappa shape index (κ2) is 30.6. The van der Waals surface area contributed by atoms with E-state index in [0.29, 0.717) is 0 Å². The standard InChI is InChI=1S/C9H12.C8H11N.C8H10O.C6H9N.4C2H6/c1-7-4-5-8(2)9(3)6-7;1-6-4-7(2)8(3)9-5-6;1-7-4-3-5-8(6-7)9-2;1-6-4-3-5-7(6)2;4*1-2/h4-6H,1-3H3;4-5H,1-3H3;3-6H,1-2H3;3-5H,1-2H3;4*1-2H3. The van der Waals surface area contributed by atoms with Crippen LogP contribution in [0, 0.1) is 55.4 Å². The van der Waals surface area contributed by atoms with E-state index >= 15 is 0 Å². The molecule has 0 amide bonds. The van der Waals surface area contributed by atoms with Gasteiger partial charge in [-0.15, -0.1) is 0 Å². The highest BCUT2D eigenvalue weighted by Gasteiger charge is 1.91. The molecule has 3 heteroatoms. The fourth-order valence-electron chi connectivity index (χ4n) is 2.96. The van der Waals surface area contributed by atoms with Gasteiger partial charge in [-0.1, -0.05) is 97.4 Å². The number of pyridine rings is 1. The van der Waals surface area contributed by atoms with Crippen molar-refractivity contribution in [1.29, 1.82) is 0 Å². The zero-order valence-corrected chi connectivity index (χ0v) is 30.7. The van der Waals surface area contributed by atoms with Gasteiger partial charge < -0.3 is 9.30 Å². The Kier molecular flexibility index (Phi) is 33.3. The van der Waals surface area contributed by atoms with E-state index in [9.17, 15) is 0 Å². The molecule has 42 heavy (non-hydrogen) atoms. The summed E-state index contributed by atoms with van der Waals surface area (Å²) in [6.45, 7) is 32.7. The minimum atomic E-state index is 0.926. The molecule has 2 aromatic heterocycles. The summed E-state index contributed by atoms with van der Waals surface area (Å²) in [6, 6.07) is 20.7. The van der Waals surface area contributed by atoms with Crippen LogP contribution in [-0.2, 0) is 7.05 Å². The topological polar surface area (TPSA) is 27.1 Å². The number of benzene rings is 2. The first-order valence-electron chi connectivity index (χ1n) is 15.7. The fourth-order valence-corrected chi connectivity index (χ4v) is 2.96. The van der Waals surface area contributed by atoms with Crippen molar-refractivity contribution in [3.8, 4) is 5.75 Å². The number of nitrogens with zero attached hydrogens (tertiary/aromatic N) is 2. The summed E-state index contributed by atoms with van der Waals surface area (Å²) < 4.78 is 7.08. The van der Waals surface area contributed by atoms with Gasteiger partial charge in [-0.05, 0) is 107 Å². The third-order valence-electron chi connectivity index (χ3n) is 5.57. The van der Waals surface area contributed by atoms with E-state index in [1.807, 2.05) is 119 Å². The first kappa shape index (κ1) is 45.7. The lowest BCUT2D eigenvalue weighted by Crippen LogP contribution is -1.85. The Bertz CT molecular complexity index is 1080. The molecule has 0 aliphatic rings. The van der Waals surface area contributed by atoms with Gasteiger partial charge in [0.05, 0.1) is 7.11 Å². The number of hydrogen-bond acceptors (Lipinski definition) is 2. The van der Waals surface area contributed by atoms with Crippen molar-refractivity contribution in [1.82, 2.24) is 9.55 Å². The van der Waals surface area contributed by atoms with Crippen LogP contribution in [0.5, 0.6) is 5.75 Å². The van der Waals surface area contributed by atoms with Crippen LogP contribution in [-0.4, -0.2) is 16.7 Å². The van der Waals surface area contributed by atoms with Crippen molar-refractivity contribution in [2.24, 2.45) is 7.05 Å². The second-order valence-electron chi connectivity index (χ2n) is 8.78. The predicted molar refractivity (Wildman–Crippen MR) is 192 cm³/mol. The molecule has 0 spiro atoms. The van der Waals surface area contributed by atoms with Gasteiger partial charge in [0.1, 0.15) is 5.75 Å². The van der Waals surface area contributed by atoms with Gasteiger partial charge in [0.15, 0.2) is 0 Å². The summed E-state index contributed by atoms with van der Waals surface area (Å²) in [7, 11) is 3.71. The van der Waals surface area contributed by atoms with E-state index in [-0.39, 0.29) is 0 Å². The molecular formula is C39H66N2O. The Hall–Kier alpha value is -3.33. The fraction of sp³-hybridized carbons (Fsp3) is 0.462. The van der Waals surface area contributed by atoms with E-state index in [4.69, 9.17) is 4.74 Å². The molecule has 3 nitrogen and oxygen atoms in total. The third-order valence-corrected chi connectivity index (χ3v) is 5.57. The highest BCUT2D eigenvalue weighted by molar-refractivity contribution is 5.29. The van der Waals surface area contributed by atoms with E-state index in [2.05, 4.69) is 81.4 Å². The number of ether oxygens (including phenoxy) is 1. The van der Waals surface area contributed by atoms with Crippen LogP contribution in [0.2, 0.25) is 0 Å². The first-order valence-corrected chi connectivity index (χ1v) is 15.7. The van der Waals surface area contributed by atoms with Crippen molar-refractivity contribution in [3.05, 3.63) is 118 Å². The van der Waals surface area contributed by atoms with Crippen LogP contribution in [0.15, 0.2) is 73.1 Å². The van der Waals surface area contributed by atoms with Crippen molar-refractivity contribution < 1.29 is 4.74 Å². The highest BCUT2D eigenvalue weighted by atomic mass is 16.5. The van der Waals surface area contributed by atoms with Gasteiger partial charge in [-0.25, -0.2) is 0 Å². The molecule has 238 valence electrons. The highest BCUT2D eigenvalue weighted by Crippen LogP contribution is 2.10. The third kappa shape index (κ3) is 23.4. The Morgan fingerprint density at radius 1 is 0.548 bits per heavy atom. The van der Waals surface area contributed by atoms with E-state index in [1.54, 1.807) is 7.11 Å². The SMILES string of the molecule is CC.CC.CC.CC.COc1cccc(C)c1.Cc1ccc(C)c(C)c1.Cc1cccn1C.Cc1cnc(C)c(C)c1. The lowest BCUT2D eigenvalue weighted by atomic mass is 10.1. The van der Waals surface area contributed by atoms with Crippen molar-refractivity contribution in [2.45, 2.75) is 111 Å². The Labute approximate surface area is 262 Å². The summed E-state index contributed by atoms with van der Waals surface area (Å²) in [5.41, 5.74) is 10.3. The average Bonchev–Trinajstić information content (AvgIpc) is 3.40. The lowest BCUT2D eigenvalue weighted by Gasteiger charge is -1.98. The maximum atomic E-state index is 5.00. The van der Waals surface area contributed by atoms with Gasteiger partial charge in [0.2, 0.25) is 0 Å². The van der Waals surface area contributed by atoms with Gasteiger partial charge >= 0.3 is 0 Å². The van der Waals surface area contributed by atoms with Gasteiger partial charge in [-0.2, -0.15) is 0 Å². The molecule has 0 bridgehead atoms. The minimum Gasteiger partial charge on any atom is -0.497 e. The summed E-state index contributed by atoms with van der Waals surface area (Å²) in [6.07, 6.45) is 3.93. The van der Waals surface area contributed by atoms with Crippen LogP contribution in [0.4, 0.5) is 0 Å². The Morgan fingerprint density at radius 2 is 1.07 bits per heavy atom. The summed E-state index contributed by atoms with van der Waals surface area (Å²) in [5, 5.41) is 0. The number of methoxy groups -OCH3 is 1. The summed E-state index contributed by atoms with van der Waals surface area (Å²) >= 11 is 0. The van der Waals surface area contributed by atoms with Crippen molar-refractivity contribution >= 4 is 0 Å². The normalized spacial score (nSPS) is 8.24. The molecule has 0 aliphatic carbocycles. The number of aromatic nitrogens is 2. The van der Waals surface area contributed by atoms with Gasteiger partial charge in [-0.3, -0.25) is 4.98 Å². The molecule has 0 aliphatic heterocycles. The monoisotopic (exact) mass is 579 g/mol. The summed E-state index contributed by atoms with van der Waals surface area (Å²) in [5.74, 6) is 0.926. The molecule has 0 saturated carbocycles. The maximum absolute atomic E-state index is 5.00. The number of rotatable bonds is 1. The van der Waals surface area contributed by atoms with Crippen LogP contribution < -0.4 is 4.74 Å². The molecule has 4 rings (SSSR count). The first-order chi connectivity index (χ1) is 20.0. The largest absolute Gasteiger partial charge is 0.497 e. The average molecular weight is 579 g/mol. The van der Waals surface area contributed by atoms with Crippen molar-refractivity contribution in [3.63, 3.8) is 0 Å². The number of aryl methyl sites for hydroxylation is 9. The minimum absolute atomic E-state index is 0.926. The van der Waals surface area contributed by atoms with Gasteiger partial charge in [0, 0.05) is 30.8 Å². The molecule has 0 fully saturated rings. The molecule has 0 atom stereocenters. The Balaban J connectivity index is -0.000000212. The van der Waals surface area contributed by atoms with Crippen LogP contribution in [0.3, 0.4) is 0 Å². The zero-order chi connectivity index (χ0) is 33.7. The predicted octanol–water partition coefficient (Wildman–Crippen LogP) is 12.1. The van der Waals surface area contributed by atoms with Crippen LogP contribution in [0.1, 0.15) is 100 Å².